The first-order valence-electron chi connectivity index (χ1n) is 6.99. The molecule has 0 amide bonds. The van der Waals surface area contributed by atoms with Gasteiger partial charge >= 0.3 is 5.97 Å². The van der Waals surface area contributed by atoms with Gasteiger partial charge in [0.25, 0.3) is 0 Å². The summed E-state index contributed by atoms with van der Waals surface area (Å²) < 4.78 is 6.85. The maximum atomic E-state index is 10.9. The normalized spacial score (nSPS) is 10.8. The molecule has 0 unspecified atom stereocenters. The number of carboxylic acid groups (broad SMARTS) is 1. The van der Waals surface area contributed by atoms with Crippen molar-refractivity contribution in [3.63, 3.8) is 0 Å². The van der Waals surface area contributed by atoms with Gasteiger partial charge in [-0.15, -0.1) is 0 Å². The van der Waals surface area contributed by atoms with E-state index >= 15 is 0 Å². The number of benzene rings is 1. The van der Waals surface area contributed by atoms with Gasteiger partial charge in [-0.05, 0) is 36.4 Å². The van der Waals surface area contributed by atoms with Crippen molar-refractivity contribution in [3.05, 3.63) is 71.4 Å². The van der Waals surface area contributed by atoms with Crippen molar-refractivity contribution in [3.8, 4) is 17.5 Å². The van der Waals surface area contributed by atoms with Gasteiger partial charge in [-0.2, -0.15) is 5.26 Å². The Balaban J connectivity index is 1.97. The summed E-state index contributed by atoms with van der Waals surface area (Å²) in [6, 6.07) is 9.88. The first-order valence-corrected chi connectivity index (χ1v) is 6.99. The second kappa shape index (κ2) is 6.18. The summed E-state index contributed by atoms with van der Waals surface area (Å²) in [5.41, 5.74) is 1.49. The average Bonchev–Trinajstić information content (AvgIpc) is 3.21. The third-order valence-electron chi connectivity index (χ3n) is 3.46. The molecule has 0 saturated carbocycles. The molecule has 6 nitrogen and oxygen atoms in total. The number of nitrogens with zero attached hydrogens (tertiary/aromatic N) is 2. The monoisotopic (exact) mass is 320 g/mol. The summed E-state index contributed by atoms with van der Waals surface area (Å²) in [4.78, 5) is 10.9. The fourth-order valence-corrected chi connectivity index (χ4v) is 2.27. The minimum Gasteiger partial charge on any atom is -0.507 e. The molecule has 24 heavy (non-hydrogen) atoms. The zero-order chi connectivity index (χ0) is 17.1. The first kappa shape index (κ1) is 15.2. The molecule has 0 saturated heterocycles. The average molecular weight is 320 g/mol. The lowest BCUT2D eigenvalue weighted by atomic mass is 10.2. The van der Waals surface area contributed by atoms with Crippen molar-refractivity contribution in [2.45, 2.75) is 0 Å². The summed E-state index contributed by atoms with van der Waals surface area (Å²) in [6.07, 6.45) is 8.37. The van der Waals surface area contributed by atoms with E-state index in [0.29, 0.717) is 22.6 Å². The number of aromatic nitrogens is 1. The Morgan fingerprint density at radius 2 is 2.08 bits per heavy atom. The van der Waals surface area contributed by atoms with Crippen LogP contribution < -0.4 is 0 Å². The summed E-state index contributed by atoms with van der Waals surface area (Å²) >= 11 is 0. The van der Waals surface area contributed by atoms with Crippen molar-refractivity contribution in [2.24, 2.45) is 0 Å². The van der Waals surface area contributed by atoms with Crippen LogP contribution in [-0.2, 0) is 0 Å². The van der Waals surface area contributed by atoms with E-state index in [9.17, 15) is 15.2 Å². The van der Waals surface area contributed by atoms with Crippen LogP contribution in [0.25, 0.3) is 17.8 Å². The lowest BCUT2D eigenvalue weighted by Gasteiger charge is -2.05. The van der Waals surface area contributed by atoms with Crippen LogP contribution in [0, 0.1) is 11.3 Å². The number of aromatic hydroxyl groups is 1. The highest BCUT2D eigenvalue weighted by atomic mass is 16.4. The predicted molar refractivity (Wildman–Crippen MR) is 86.7 cm³/mol. The summed E-state index contributed by atoms with van der Waals surface area (Å²) in [6.45, 7) is 0. The molecule has 118 valence electrons. The Morgan fingerprint density at radius 3 is 2.71 bits per heavy atom. The van der Waals surface area contributed by atoms with Crippen molar-refractivity contribution >= 4 is 18.1 Å². The SMILES string of the molecule is N#Cc1cn(-c2ccc(C(=O)O)c(O)c2)cc1C=Cc1ccco1. The Bertz CT molecular complexity index is 960. The molecule has 0 spiro atoms. The van der Waals surface area contributed by atoms with Gasteiger partial charge in [0.05, 0.1) is 11.8 Å². The van der Waals surface area contributed by atoms with Gasteiger partial charge < -0.3 is 19.2 Å². The van der Waals surface area contributed by atoms with Crippen LogP contribution in [0.3, 0.4) is 0 Å². The highest BCUT2D eigenvalue weighted by molar-refractivity contribution is 5.91. The van der Waals surface area contributed by atoms with Crippen molar-refractivity contribution in [1.82, 2.24) is 4.57 Å². The van der Waals surface area contributed by atoms with Gasteiger partial charge in [-0.1, -0.05) is 0 Å². The fourth-order valence-electron chi connectivity index (χ4n) is 2.27. The van der Waals surface area contributed by atoms with E-state index in [1.807, 2.05) is 0 Å². The quantitative estimate of drug-likeness (QED) is 0.766. The van der Waals surface area contributed by atoms with E-state index in [1.54, 1.807) is 53.6 Å². The zero-order valence-corrected chi connectivity index (χ0v) is 12.4. The van der Waals surface area contributed by atoms with Gasteiger partial charge in [-0.25, -0.2) is 4.79 Å². The summed E-state index contributed by atoms with van der Waals surface area (Å²) in [5, 5.41) is 28.0. The molecule has 0 aliphatic rings. The minimum absolute atomic E-state index is 0.177. The number of carboxylic acids is 1. The van der Waals surface area contributed by atoms with Crippen molar-refractivity contribution < 1.29 is 19.4 Å². The van der Waals surface area contributed by atoms with Crippen LogP contribution >= 0.6 is 0 Å². The van der Waals surface area contributed by atoms with Crippen LogP contribution in [0.15, 0.2) is 53.4 Å². The molecule has 6 heteroatoms. The molecule has 2 heterocycles. The number of nitriles is 1. The molecule has 0 atom stereocenters. The molecule has 1 aromatic carbocycles. The molecule has 2 aromatic heterocycles. The van der Waals surface area contributed by atoms with Crippen molar-refractivity contribution in [1.29, 1.82) is 5.26 Å². The highest BCUT2D eigenvalue weighted by Gasteiger charge is 2.11. The molecule has 0 bridgehead atoms. The van der Waals surface area contributed by atoms with E-state index in [-0.39, 0.29) is 11.3 Å². The lowest BCUT2D eigenvalue weighted by Crippen LogP contribution is -1.98. The van der Waals surface area contributed by atoms with Gasteiger partial charge in [0.2, 0.25) is 0 Å². The molecule has 0 radical (unpaired) electrons. The molecule has 3 rings (SSSR count). The molecular formula is C18H12N2O4. The Labute approximate surface area is 137 Å². The molecule has 0 aliphatic heterocycles. The van der Waals surface area contributed by atoms with Gasteiger partial charge in [-0.3, -0.25) is 0 Å². The first-order chi connectivity index (χ1) is 11.6. The van der Waals surface area contributed by atoms with Gasteiger partial charge in [0, 0.05) is 29.7 Å². The number of aromatic carboxylic acids is 1. The second-order valence-corrected chi connectivity index (χ2v) is 5.00. The van der Waals surface area contributed by atoms with Gasteiger partial charge in [0.1, 0.15) is 23.1 Å². The molecule has 0 fully saturated rings. The summed E-state index contributed by atoms with van der Waals surface area (Å²) in [5.74, 6) is -0.874. The predicted octanol–water partition coefficient (Wildman–Crippen LogP) is 3.52. The van der Waals surface area contributed by atoms with Crippen LogP contribution in [0.1, 0.15) is 27.2 Å². The zero-order valence-electron chi connectivity index (χ0n) is 12.4. The highest BCUT2D eigenvalue weighted by Crippen LogP contribution is 2.24. The number of rotatable bonds is 4. The van der Waals surface area contributed by atoms with E-state index in [0.717, 1.165) is 0 Å². The largest absolute Gasteiger partial charge is 0.507 e. The topological polar surface area (TPSA) is 99.4 Å². The molecule has 3 aromatic rings. The standard InChI is InChI=1S/C18H12N2O4/c19-9-13-11-20(10-12(13)3-5-15-2-1-7-24-15)14-4-6-16(18(22)23)17(21)8-14/h1-8,10-11,21H,(H,22,23). The number of carbonyl (C=O) groups is 1. The van der Waals surface area contributed by atoms with Crippen LogP contribution in [-0.4, -0.2) is 20.7 Å². The van der Waals surface area contributed by atoms with E-state index in [1.165, 1.54) is 12.1 Å². The van der Waals surface area contributed by atoms with Crippen molar-refractivity contribution in [2.75, 3.05) is 0 Å². The van der Waals surface area contributed by atoms with E-state index in [4.69, 9.17) is 9.52 Å². The smallest absolute Gasteiger partial charge is 0.339 e. The van der Waals surface area contributed by atoms with E-state index < -0.39 is 5.97 Å². The lowest BCUT2D eigenvalue weighted by molar-refractivity contribution is 0.0694. The Kier molecular flexibility index (Phi) is 3.91. The number of hydrogen-bond acceptors (Lipinski definition) is 4. The van der Waals surface area contributed by atoms with E-state index in [2.05, 4.69) is 6.07 Å². The number of furan rings is 1. The second-order valence-electron chi connectivity index (χ2n) is 5.00. The Morgan fingerprint density at radius 1 is 1.25 bits per heavy atom. The number of hydrogen-bond donors (Lipinski definition) is 2. The fraction of sp³-hybridized carbons (Fsp3) is 0. The van der Waals surface area contributed by atoms with Crippen LogP contribution in [0.4, 0.5) is 0 Å². The molecule has 2 N–H and O–H groups in total. The maximum Gasteiger partial charge on any atom is 0.339 e. The molecular weight excluding hydrogens is 308 g/mol. The van der Waals surface area contributed by atoms with Crippen LogP contribution in [0.5, 0.6) is 5.75 Å². The third kappa shape index (κ3) is 2.91. The third-order valence-corrected chi connectivity index (χ3v) is 3.46. The minimum atomic E-state index is -1.20. The molecule has 0 aliphatic carbocycles. The maximum absolute atomic E-state index is 10.9. The van der Waals surface area contributed by atoms with Gasteiger partial charge in [0.15, 0.2) is 0 Å². The number of phenols is 1. The summed E-state index contributed by atoms with van der Waals surface area (Å²) in [7, 11) is 0. The Hall–Kier alpha value is -3.72. The van der Waals surface area contributed by atoms with Crippen LogP contribution in [0.2, 0.25) is 0 Å².